The fraction of sp³-hybridized carbons (Fsp3) is 0.412. The molecule has 1 saturated heterocycles. The lowest BCUT2D eigenvalue weighted by atomic mass is 10.0. The molecule has 4 heterocycles. The van der Waals surface area contributed by atoms with Crippen LogP contribution in [0.15, 0.2) is 27.0 Å². The molecule has 1 unspecified atom stereocenters. The monoisotopic (exact) mass is 589 g/mol. The van der Waals surface area contributed by atoms with Crippen LogP contribution in [0.5, 0.6) is 0 Å². The van der Waals surface area contributed by atoms with E-state index in [2.05, 4.69) is 31.0 Å². The van der Waals surface area contributed by atoms with Crippen molar-refractivity contribution in [2.45, 2.75) is 16.6 Å². The van der Waals surface area contributed by atoms with Gasteiger partial charge in [0.05, 0.1) is 11.5 Å². The number of amides is 2. The molecule has 2 aliphatic rings. The standard InChI is InChI=1S/C17H19N9O7S4/c1-25-17(21-23-24-25)34-2-3-37(32,33)6-7-4-35-14-10(13(28)26(14)11(7)15(29)30)20-12(27)9(22-31)8-5-36-16(18)19-8/h5,10,14,31H,2-4,6H2,1H3,(H2,18,19)(H,20,27)(H,29,30)/b22-9-/t10?,14-/m1/s1. The van der Waals surface area contributed by atoms with E-state index in [0.29, 0.717) is 5.16 Å². The van der Waals surface area contributed by atoms with Crippen molar-refractivity contribution in [3.63, 3.8) is 0 Å². The fourth-order valence-electron chi connectivity index (χ4n) is 3.55. The third-order valence-electron chi connectivity index (χ3n) is 5.22. The van der Waals surface area contributed by atoms with Gasteiger partial charge in [0.25, 0.3) is 11.8 Å². The van der Waals surface area contributed by atoms with Crippen molar-refractivity contribution in [3.8, 4) is 0 Å². The number of β-lactam (4-membered cyclic amide) rings is 1. The van der Waals surface area contributed by atoms with Crippen LogP contribution < -0.4 is 11.1 Å². The minimum Gasteiger partial charge on any atom is -0.477 e. The Balaban J connectivity index is 1.44. The molecule has 0 spiro atoms. The number of carboxylic acids is 1. The molecule has 2 aromatic heterocycles. The molecule has 2 aromatic rings. The lowest BCUT2D eigenvalue weighted by Gasteiger charge is -2.49. The van der Waals surface area contributed by atoms with Gasteiger partial charge in [0, 0.05) is 23.9 Å². The van der Waals surface area contributed by atoms with Crippen molar-refractivity contribution in [1.82, 2.24) is 35.4 Å². The lowest BCUT2D eigenvalue weighted by molar-refractivity contribution is -0.150. The predicted molar refractivity (Wildman–Crippen MR) is 133 cm³/mol. The van der Waals surface area contributed by atoms with Gasteiger partial charge in [-0.1, -0.05) is 16.9 Å². The van der Waals surface area contributed by atoms with Gasteiger partial charge in [-0.25, -0.2) is 22.9 Å². The number of carbonyl (C=O) groups is 3. The molecule has 5 N–H and O–H groups in total. The summed E-state index contributed by atoms with van der Waals surface area (Å²) >= 11 is 3.27. The lowest BCUT2D eigenvalue weighted by Crippen LogP contribution is -2.71. The highest BCUT2D eigenvalue weighted by atomic mass is 32.2. The first-order valence-corrected chi connectivity index (χ1v) is 15.0. The molecular formula is C17H19N9O7S4. The number of aromatic nitrogens is 5. The quantitative estimate of drug-likeness (QED) is 0.0801. The highest BCUT2D eigenvalue weighted by molar-refractivity contribution is 8.01. The molecule has 0 aliphatic carbocycles. The topological polar surface area (TPSA) is 236 Å². The molecular weight excluding hydrogens is 571 g/mol. The number of tetrazole rings is 1. The van der Waals surface area contributed by atoms with E-state index in [1.54, 1.807) is 7.05 Å². The van der Waals surface area contributed by atoms with Gasteiger partial charge in [-0.05, 0) is 16.0 Å². The van der Waals surface area contributed by atoms with E-state index >= 15 is 0 Å². The maximum Gasteiger partial charge on any atom is 0.352 e. The van der Waals surface area contributed by atoms with Gasteiger partial charge in [-0.2, -0.15) is 0 Å². The normalized spacial score (nSPS) is 20.0. The summed E-state index contributed by atoms with van der Waals surface area (Å²) in [7, 11) is -2.11. The Morgan fingerprint density at radius 2 is 2.16 bits per heavy atom. The molecule has 2 atom stereocenters. The van der Waals surface area contributed by atoms with Gasteiger partial charge in [-0.15, -0.1) is 28.2 Å². The van der Waals surface area contributed by atoms with Crippen LogP contribution in [0.2, 0.25) is 0 Å². The smallest absolute Gasteiger partial charge is 0.352 e. The number of hydrogen-bond acceptors (Lipinski definition) is 15. The van der Waals surface area contributed by atoms with E-state index in [4.69, 9.17) is 5.73 Å². The van der Waals surface area contributed by atoms with Crippen LogP contribution in [0.4, 0.5) is 5.13 Å². The number of rotatable bonds is 10. The van der Waals surface area contributed by atoms with E-state index in [-0.39, 0.29) is 33.7 Å². The van der Waals surface area contributed by atoms with Crippen molar-refractivity contribution >= 4 is 73.3 Å². The number of hydrogen-bond donors (Lipinski definition) is 4. The minimum atomic E-state index is -3.72. The second kappa shape index (κ2) is 10.6. The number of thiazole rings is 1. The summed E-state index contributed by atoms with van der Waals surface area (Å²) in [6.07, 6.45) is 0. The Bertz CT molecular complexity index is 1420. The second-order valence-electron chi connectivity index (χ2n) is 7.66. The second-order valence-corrected chi connectivity index (χ2v) is 12.9. The van der Waals surface area contributed by atoms with Crippen LogP contribution in [0.3, 0.4) is 0 Å². The Labute approximate surface area is 221 Å². The van der Waals surface area contributed by atoms with Crippen LogP contribution in [0, 0.1) is 0 Å². The van der Waals surface area contributed by atoms with E-state index in [9.17, 15) is 33.1 Å². The number of carboxylic acid groups (broad SMARTS) is 1. The summed E-state index contributed by atoms with van der Waals surface area (Å²) in [5, 5.41) is 36.4. The van der Waals surface area contributed by atoms with Gasteiger partial charge in [0.15, 0.2) is 20.7 Å². The van der Waals surface area contributed by atoms with Gasteiger partial charge in [-0.3, -0.25) is 14.5 Å². The molecule has 16 nitrogen and oxygen atoms in total. The van der Waals surface area contributed by atoms with Crippen molar-refractivity contribution in [1.29, 1.82) is 0 Å². The minimum absolute atomic E-state index is 0.00893. The van der Waals surface area contributed by atoms with Crippen LogP contribution in [0.1, 0.15) is 5.69 Å². The van der Waals surface area contributed by atoms with Crippen molar-refractivity contribution in [2.24, 2.45) is 12.2 Å². The Kier molecular flexibility index (Phi) is 7.71. The van der Waals surface area contributed by atoms with E-state index in [0.717, 1.165) is 39.8 Å². The maximum absolute atomic E-state index is 12.8. The molecule has 198 valence electrons. The van der Waals surface area contributed by atoms with E-state index < -0.39 is 56.2 Å². The number of anilines is 1. The largest absolute Gasteiger partial charge is 0.477 e. The number of thioether (sulfide) groups is 2. The van der Waals surface area contributed by atoms with E-state index in [1.165, 1.54) is 10.1 Å². The molecule has 2 aliphatic heterocycles. The number of sulfone groups is 1. The van der Waals surface area contributed by atoms with Gasteiger partial charge >= 0.3 is 5.97 Å². The number of carbonyl (C=O) groups excluding carboxylic acids is 2. The first-order chi connectivity index (χ1) is 17.5. The van der Waals surface area contributed by atoms with Gasteiger partial charge in [0.2, 0.25) is 5.16 Å². The first-order valence-electron chi connectivity index (χ1n) is 10.2. The Hall–Kier alpha value is -3.23. The number of oxime groups is 1. The predicted octanol–water partition coefficient (Wildman–Crippen LogP) is -1.63. The average molecular weight is 590 g/mol. The summed E-state index contributed by atoms with van der Waals surface area (Å²) < 4.78 is 26.8. The van der Waals surface area contributed by atoms with Crippen LogP contribution in [-0.2, 0) is 31.3 Å². The van der Waals surface area contributed by atoms with Crippen molar-refractivity contribution in [3.05, 3.63) is 22.3 Å². The van der Waals surface area contributed by atoms with Crippen LogP contribution in [-0.4, -0.2) is 107 Å². The van der Waals surface area contributed by atoms with Gasteiger partial charge in [0.1, 0.15) is 22.8 Å². The summed E-state index contributed by atoms with van der Waals surface area (Å²) in [6.45, 7) is 0. The fourth-order valence-corrected chi connectivity index (χ4v) is 8.34. The SMILES string of the molecule is Cn1nnnc1SCCS(=O)(=O)CC1=C(C(=O)O)N2C(=O)C(NC(=O)/C(=N\O)c3csc(N)n3)[C@H]2SC1. The number of aliphatic carboxylic acids is 1. The molecule has 0 saturated carbocycles. The Morgan fingerprint density at radius 1 is 1.41 bits per heavy atom. The third kappa shape index (κ3) is 5.55. The average Bonchev–Trinajstić information content (AvgIpc) is 3.45. The molecule has 20 heteroatoms. The van der Waals surface area contributed by atoms with Crippen LogP contribution >= 0.6 is 34.9 Å². The number of nitrogens with one attached hydrogen (secondary N) is 1. The molecule has 0 bridgehead atoms. The molecule has 2 amide bonds. The number of aryl methyl sites for hydroxylation is 1. The number of nitrogens with zero attached hydrogens (tertiary/aromatic N) is 7. The zero-order valence-corrected chi connectivity index (χ0v) is 22.1. The first kappa shape index (κ1) is 26.8. The van der Waals surface area contributed by atoms with Gasteiger partial charge < -0.3 is 21.4 Å². The number of fused-ring (bicyclic) bond motifs is 1. The summed E-state index contributed by atoms with van der Waals surface area (Å²) in [5.74, 6) is -3.73. The van der Waals surface area contributed by atoms with Crippen LogP contribution in [0.25, 0.3) is 0 Å². The number of nitrogen functional groups attached to an aromatic ring is 1. The van der Waals surface area contributed by atoms with E-state index in [1.807, 2.05) is 0 Å². The zero-order valence-electron chi connectivity index (χ0n) is 18.8. The molecule has 0 aromatic carbocycles. The molecule has 0 radical (unpaired) electrons. The molecule has 37 heavy (non-hydrogen) atoms. The highest BCUT2D eigenvalue weighted by Crippen LogP contribution is 2.40. The van der Waals surface area contributed by atoms with Crippen molar-refractivity contribution < 1.29 is 33.1 Å². The van der Waals surface area contributed by atoms with Crippen molar-refractivity contribution in [2.75, 3.05) is 28.7 Å². The summed E-state index contributed by atoms with van der Waals surface area (Å²) in [5.41, 5.74) is 4.74. The third-order valence-corrected chi connectivity index (χ3v) is 10.1. The molecule has 1 fully saturated rings. The summed E-state index contributed by atoms with van der Waals surface area (Å²) in [4.78, 5) is 42.3. The zero-order chi connectivity index (χ0) is 26.9. The number of nitrogens with two attached hydrogens (primary N) is 1. The highest BCUT2D eigenvalue weighted by Gasteiger charge is 2.54. The maximum atomic E-state index is 12.8. The Morgan fingerprint density at radius 3 is 2.76 bits per heavy atom. The summed E-state index contributed by atoms with van der Waals surface area (Å²) in [6, 6.07) is -1.12. The molecule has 4 rings (SSSR count).